The average Bonchev–Trinajstić information content (AvgIpc) is 2.74. The standard InChI is InChI=1S/C16H18F2N2/c1-9-6-7-12(17)16(15(9)18)20-10(2)8-11-13(19)4-3-5-14(11)20/h6-8,13H,3-5,19H2,1-2H3. The van der Waals surface area contributed by atoms with E-state index in [4.69, 9.17) is 5.73 Å². The molecular formula is C16H18F2N2. The number of hydrogen-bond donors (Lipinski definition) is 1. The number of rotatable bonds is 1. The molecule has 0 spiro atoms. The summed E-state index contributed by atoms with van der Waals surface area (Å²) in [5, 5.41) is 0. The molecule has 0 amide bonds. The molecule has 1 aromatic carbocycles. The van der Waals surface area contributed by atoms with Gasteiger partial charge in [0.05, 0.1) is 0 Å². The Kier molecular flexibility index (Phi) is 3.13. The van der Waals surface area contributed by atoms with Crippen molar-refractivity contribution < 1.29 is 8.78 Å². The third kappa shape index (κ3) is 1.86. The van der Waals surface area contributed by atoms with Gasteiger partial charge in [-0.15, -0.1) is 0 Å². The lowest BCUT2D eigenvalue weighted by Gasteiger charge is -2.22. The molecular weight excluding hydrogens is 258 g/mol. The first-order valence-corrected chi connectivity index (χ1v) is 6.92. The second kappa shape index (κ2) is 4.70. The number of benzene rings is 1. The Balaban J connectivity index is 2.29. The molecule has 1 unspecified atom stereocenters. The van der Waals surface area contributed by atoms with Crippen molar-refractivity contribution in [3.05, 3.63) is 52.3 Å². The fraction of sp³-hybridized carbons (Fsp3) is 0.375. The Morgan fingerprint density at radius 3 is 2.75 bits per heavy atom. The van der Waals surface area contributed by atoms with Gasteiger partial charge in [-0.2, -0.15) is 0 Å². The van der Waals surface area contributed by atoms with Crippen LogP contribution in [0.2, 0.25) is 0 Å². The van der Waals surface area contributed by atoms with Crippen LogP contribution in [0.1, 0.15) is 41.4 Å². The largest absolute Gasteiger partial charge is 0.324 e. The van der Waals surface area contributed by atoms with E-state index < -0.39 is 11.6 Å². The topological polar surface area (TPSA) is 30.9 Å². The summed E-state index contributed by atoms with van der Waals surface area (Å²) in [6.45, 7) is 3.52. The maximum Gasteiger partial charge on any atom is 0.153 e. The zero-order chi connectivity index (χ0) is 14.4. The maximum absolute atomic E-state index is 14.4. The summed E-state index contributed by atoms with van der Waals surface area (Å²) >= 11 is 0. The molecule has 0 fully saturated rings. The lowest BCUT2D eigenvalue weighted by molar-refractivity contribution is 0.538. The molecule has 0 aliphatic heterocycles. The van der Waals surface area contributed by atoms with E-state index >= 15 is 0 Å². The van der Waals surface area contributed by atoms with Crippen LogP contribution in [0.3, 0.4) is 0 Å². The van der Waals surface area contributed by atoms with E-state index in [2.05, 4.69) is 0 Å². The van der Waals surface area contributed by atoms with E-state index in [-0.39, 0.29) is 11.7 Å². The molecule has 106 valence electrons. The maximum atomic E-state index is 14.4. The first-order chi connectivity index (χ1) is 9.50. The smallest absolute Gasteiger partial charge is 0.153 e. The minimum Gasteiger partial charge on any atom is -0.324 e. The van der Waals surface area contributed by atoms with Crippen LogP contribution >= 0.6 is 0 Å². The first kappa shape index (κ1) is 13.3. The fourth-order valence-corrected chi connectivity index (χ4v) is 3.10. The van der Waals surface area contributed by atoms with Crippen LogP contribution in [-0.4, -0.2) is 4.57 Å². The first-order valence-electron chi connectivity index (χ1n) is 6.92. The van der Waals surface area contributed by atoms with E-state index in [9.17, 15) is 8.78 Å². The Morgan fingerprint density at radius 2 is 2.00 bits per heavy atom. The molecule has 0 saturated heterocycles. The average molecular weight is 276 g/mol. The van der Waals surface area contributed by atoms with Gasteiger partial charge in [-0.05, 0) is 56.4 Å². The summed E-state index contributed by atoms with van der Waals surface area (Å²) in [6.07, 6.45) is 2.69. The van der Waals surface area contributed by atoms with Gasteiger partial charge in [0.25, 0.3) is 0 Å². The van der Waals surface area contributed by atoms with Crippen molar-refractivity contribution >= 4 is 0 Å². The molecule has 20 heavy (non-hydrogen) atoms. The summed E-state index contributed by atoms with van der Waals surface area (Å²) in [5.74, 6) is -1.03. The van der Waals surface area contributed by atoms with Crippen LogP contribution in [-0.2, 0) is 6.42 Å². The molecule has 1 aliphatic rings. The molecule has 1 atom stereocenters. The van der Waals surface area contributed by atoms with Gasteiger partial charge in [0, 0.05) is 17.4 Å². The van der Waals surface area contributed by atoms with Gasteiger partial charge in [-0.25, -0.2) is 8.78 Å². The normalized spacial score (nSPS) is 18.1. The number of fused-ring (bicyclic) bond motifs is 1. The summed E-state index contributed by atoms with van der Waals surface area (Å²) in [5.41, 5.74) is 9.39. The van der Waals surface area contributed by atoms with Crippen LogP contribution in [0.4, 0.5) is 8.78 Å². The van der Waals surface area contributed by atoms with Gasteiger partial charge >= 0.3 is 0 Å². The third-order valence-electron chi connectivity index (χ3n) is 4.13. The second-order valence-electron chi connectivity index (χ2n) is 5.55. The van der Waals surface area contributed by atoms with Crippen LogP contribution in [0.25, 0.3) is 5.69 Å². The molecule has 2 N–H and O–H groups in total. The lowest BCUT2D eigenvalue weighted by atomic mass is 9.93. The minimum atomic E-state index is -0.534. The highest BCUT2D eigenvalue weighted by Crippen LogP contribution is 2.34. The SMILES string of the molecule is Cc1ccc(F)c(-n2c(C)cc3c2CCCC3N)c1F. The van der Waals surface area contributed by atoms with Gasteiger partial charge in [0.15, 0.2) is 5.82 Å². The molecule has 1 heterocycles. The summed E-state index contributed by atoms with van der Waals surface area (Å²) < 4.78 is 30.2. The number of hydrogen-bond acceptors (Lipinski definition) is 1. The van der Waals surface area contributed by atoms with E-state index in [1.165, 1.54) is 12.1 Å². The van der Waals surface area contributed by atoms with Gasteiger partial charge in [0.1, 0.15) is 11.5 Å². The minimum absolute atomic E-state index is 0.0258. The zero-order valence-corrected chi connectivity index (χ0v) is 11.7. The number of nitrogens with two attached hydrogens (primary N) is 1. The highest BCUT2D eigenvalue weighted by Gasteiger charge is 2.25. The van der Waals surface area contributed by atoms with Crippen molar-refractivity contribution in [1.82, 2.24) is 4.57 Å². The molecule has 3 rings (SSSR count). The van der Waals surface area contributed by atoms with Gasteiger partial charge in [-0.3, -0.25) is 0 Å². The quantitative estimate of drug-likeness (QED) is 0.845. The van der Waals surface area contributed by atoms with Crippen molar-refractivity contribution in [2.75, 3.05) is 0 Å². The summed E-state index contributed by atoms with van der Waals surface area (Å²) in [7, 11) is 0. The summed E-state index contributed by atoms with van der Waals surface area (Å²) in [4.78, 5) is 0. The lowest BCUT2D eigenvalue weighted by Crippen LogP contribution is -2.18. The molecule has 1 aromatic heterocycles. The van der Waals surface area contributed by atoms with Crippen LogP contribution in [0.5, 0.6) is 0 Å². The van der Waals surface area contributed by atoms with E-state index in [1.54, 1.807) is 11.5 Å². The van der Waals surface area contributed by atoms with Crippen molar-refractivity contribution in [2.24, 2.45) is 5.73 Å². The van der Waals surface area contributed by atoms with E-state index in [1.807, 2.05) is 13.0 Å². The Bertz CT molecular complexity index is 674. The molecule has 0 saturated carbocycles. The molecule has 0 bridgehead atoms. The monoisotopic (exact) mass is 276 g/mol. The van der Waals surface area contributed by atoms with E-state index in [0.717, 1.165) is 36.2 Å². The summed E-state index contributed by atoms with van der Waals surface area (Å²) in [6, 6.07) is 4.71. The van der Waals surface area contributed by atoms with Gasteiger partial charge < -0.3 is 10.3 Å². The Hall–Kier alpha value is -1.68. The van der Waals surface area contributed by atoms with E-state index in [0.29, 0.717) is 5.56 Å². The van der Waals surface area contributed by atoms with Crippen molar-refractivity contribution in [1.29, 1.82) is 0 Å². The van der Waals surface area contributed by atoms with Crippen LogP contribution in [0, 0.1) is 25.5 Å². The second-order valence-corrected chi connectivity index (χ2v) is 5.55. The van der Waals surface area contributed by atoms with Gasteiger partial charge in [0.2, 0.25) is 0 Å². The predicted octanol–water partition coefficient (Wildman–Crippen LogP) is 3.71. The molecule has 2 nitrogen and oxygen atoms in total. The number of nitrogens with zero attached hydrogens (tertiary/aromatic N) is 1. The molecule has 0 radical (unpaired) electrons. The van der Waals surface area contributed by atoms with Crippen LogP contribution in [0.15, 0.2) is 18.2 Å². The number of halogens is 2. The predicted molar refractivity (Wildman–Crippen MR) is 75.0 cm³/mol. The third-order valence-corrected chi connectivity index (χ3v) is 4.13. The Morgan fingerprint density at radius 1 is 1.25 bits per heavy atom. The highest BCUT2D eigenvalue weighted by atomic mass is 19.1. The van der Waals surface area contributed by atoms with Crippen molar-refractivity contribution in [2.45, 2.75) is 39.2 Å². The number of aromatic nitrogens is 1. The van der Waals surface area contributed by atoms with Crippen LogP contribution < -0.4 is 5.73 Å². The zero-order valence-electron chi connectivity index (χ0n) is 11.7. The van der Waals surface area contributed by atoms with Crippen molar-refractivity contribution in [3.63, 3.8) is 0 Å². The number of aryl methyl sites for hydroxylation is 2. The van der Waals surface area contributed by atoms with Gasteiger partial charge in [-0.1, -0.05) is 6.07 Å². The van der Waals surface area contributed by atoms with Crippen molar-refractivity contribution in [3.8, 4) is 5.69 Å². The molecule has 2 aromatic rings. The molecule has 1 aliphatic carbocycles. The fourth-order valence-electron chi connectivity index (χ4n) is 3.10. The highest BCUT2D eigenvalue weighted by molar-refractivity contribution is 5.47. The molecule has 4 heteroatoms. The Labute approximate surface area is 117 Å².